The minimum Gasteiger partial charge on any atom is -0.497 e. The van der Waals surface area contributed by atoms with Gasteiger partial charge in [0.05, 0.1) is 24.2 Å². The monoisotopic (exact) mass is 337 g/mol. The third kappa shape index (κ3) is 4.01. The van der Waals surface area contributed by atoms with E-state index in [-0.39, 0.29) is 11.4 Å². The highest BCUT2D eigenvalue weighted by atomic mass is 32.2. The van der Waals surface area contributed by atoms with Gasteiger partial charge in [-0.1, -0.05) is 17.7 Å². The molecule has 1 unspecified atom stereocenters. The smallest absolute Gasteiger partial charge is 0.264 e. The van der Waals surface area contributed by atoms with E-state index in [0.717, 1.165) is 9.87 Å². The largest absolute Gasteiger partial charge is 0.497 e. The molecule has 0 saturated carbocycles. The van der Waals surface area contributed by atoms with Crippen LogP contribution < -0.4 is 9.04 Å². The van der Waals surface area contributed by atoms with Crippen molar-refractivity contribution in [3.63, 3.8) is 0 Å². The molecule has 0 aliphatic carbocycles. The molecule has 124 valence electrons. The number of aryl methyl sites for hydroxylation is 1. The third-order valence-corrected chi connectivity index (χ3v) is 5.19. The zero-order chi connectivity index (χ0) is 17.0. The molecule has 0 aliphatic heterocycles. The van der Waals surface area contributed by atoms with Crippen LogP contribution in [0.4, 0.5) is 10.1 Å². The fraction of sp³-hybridized carbons (Fsp3) is 0.294. The molecule has 4 nitrogen and oxygen atoms in total. The van der Waals surface area contributed by atoms with Gasteiger partial charge in [0.1, 0.15) is 11.9 Å². The summed E-state index contributed by atoms with van der Waals surface area (Å²) in [6.45, 7) is 2.96. The predicted octanol–water partition coefficient (Wildman–Crippen LogP) is 3.56. The van der Waals surface area contributed by atoms with Gasteiger partial charge in [-0.25, -0.2) is 12.8 Å². The van der Waals surface area contributed by atoms with E-state index < -0.39 is 16.2 Å². The van der Waals surface area contributed by atoms with E-state index in [0.29, 0.717) is 11.4 Å². The molecule has 2 aromatic rings. The zero-order valence-corrected chi connectivity index (χ0v) is 14.2. The number of anilines is 1. The van der Waals surface area contributed by atoms with Gasteiger partial charge in [0, 0.05) is 0 Å². The number of nitrogens with zero attached hydrogens (tertiary/aromatic N) is 1. The number of halogens is 1. The van der Waals surface area contributed by atoms with Crippen molar-refractivity contribution in [2.45, 2.75) is 24.9 Å². The number of sulfonamides is 1. The standard InChI is InChI=1S/C17H20FNO3S/c1-13-4-10-17(11-5-13)23(20,21)19(12-14(2)18)15-6-8-16(22-3)9-7-15/h4-11,14H,12H2,1-3H3. The van der Waals surface area contributed by atoms with Gasteiger partial charge in [0.15, 0.2) is 0 Å². The molecule has 0 fully saturated rings. The molecule has 0 bridgehead atoms. The second-order valence-electron chi connectivity index (χ2n) is 5.33. The van der Waals surface area contributed by atoms with E-state index in [9.17, 15) is 12.8 Å². The van der Waals surface area contributed by atoms with E-state index in [4.69, 9.17) is 4.74 Å². The van der Waals surface area contributed by atoms with Crippen LogP contribution in [-0.2, 0) is 10.0 Å². The molecule has 0 radical (unpaired) electrons. The van der Waals surface area contributed by atoms with Gasteiger partial charge < -0.3 is 4.74 Å². The minimum absolute atomic E-state index is 0.138. The average molecular weight is 337 g/mol. The summed E-state index contributed by atoms with van der Waals surface area (Å²) in [5.74, 6) is 0.606. The van der Waals surface area contributed by atoms with Crippen molar-refractivity contribution in [3.05, 3.63) is 54.1 Å². The first-order valence-corrected chi connectivity index (χ1v) is 8.66. The van der Waals surface area contributed by atoms with Crippen LogP contribution in [0.25, 0.3) is 0 Å². The minimum atomic E-state index is -3.83. The SMILES string of the molecule is COc1ccc(N(CC(C)F)S(=O)(=O)c2ccc(C)cc2)cc1. The van der Waals surface area contributed by atoms with Gasteiger partial charge in [0.25, 0.3) is 10.0 Å². The lowest BCUT2D eigenvalue weighted by molar-refractivity contribution is 0.370. The van der Waals surface area contributed by atoms with E-state index in [1.54, 1.807) is 36.4 Å². The lowest BCUT2D eigenvalue weighted by Crippen LogP contribution is -2.35. The van der Waals surface area contributed by atoms with Crippen molar-refractivity contribution in [1.29, 1.82) is 0 Å². The van der Waals surface area contributed by atoms with Gasteiger partial charge in [-0.15, -0.1) is 0 Å². The van der Waals surface area contributed by atoms with Crippen molar-refractivity contribution in [2.24, 2.45) is 0 Å². The van der Waals surface area contributed by atoms with Crippen LogP contribution in [-0.4, -0.2) is 28.2 Å². The van der Waals surface area contributed by atoms with Crippen molar-refractivity contribution in [1.82, 2.24) is 0 Å². The number of hydrogen-bond acceptors (Lipinski definition) is 3. The first-order chi connectivity index (χ1) is 10.8. The Hall–Kier alpha value is -2.08. The van der Waals surface area contributed by atoms with Gasteiger partial charge in [-0.05, 0) is 50.2 Å². The summed E-state index contributed by atoms with van der Waals surface area (Å²) in [6.07, 6.45) is -1.29. The summed E-state index contributed by atoms with van der Waals surface area (Å²) in [7, 11) is -2.31. The van der Waals surface area contributed by atoms with E-state index in [1.807, 2.05) is 6.92 Å². The fourth-order valence-corrected chi connectivity index (χ4v) is 3.69. The fourth-order valence-electron chi connectivity index (χ4n) is 2.16. The van der Waals surface area contributed by atoms with Gasteiger partial charge in [-0.3, -0.25) is 4.31 Å². The topological polar surface area (TPSA) is 46.6 Å². The van der Waals surface area contributed by atoms with Crippen LogP contribution in [0.2, 0.25) is 0 Å². The van der Waals surface area contributed by atoms with Crippen LogP contribution in [0, 0.1) is 6.92 Å². The summed E-state index contributed by atoms with van der Waals surface area (Å²) < 4.78 is 45.4. The summed E-state index contributed by atoms with van der Waals surface area (Å²) in [4.78, 5) is 0.138. The molecule has 0 N–H and O–H groups in total. The summed E-state index contributed by atoms with van der Waals surface area (Å²) in [5.41, 5.74) is 1.36. The molecule has 0 amide bonds. The quantitative estimate of drug-likeness (QED) is 0.810. The molecular formula is C17H20FNO3S. The maximum atomic E-state index is 13.6. The molecule has 0 spiro atoms. The maximum absolute atomic E-state index is 13.6. The average Bonchev–Trinajstić information content (AvgIpc) is 2.53. The molecule has 2 aromatic carbocycles. The third-order valence-electron chi connectivity index (χ3n) is 3.39. The van der Waals surface area contributed by atoms with Crippen molar-refractivity contribution in [3.8, 4) is 5.75 Å². The number of methoxy groups -OCH3 is 1. The normalized spacial score (nSPS) is 12.7. The van der Waals surface area contributed by atoms with Gasteiger partial charge >= 0.3 is 0 Å². The van der Waals surface area contributed by atoms with E-state index >= 15 is 0 Å². The number of benzene rings is 2. The highest BCUT2D eigenvalue weighted by molar-refractivity contribution is 7.92. The van der Waals surface area contributed by atoms with Crippen molar-refractivity contribution >= 4 is 15.7 Å². The Morgan fingerprint density at radius 1 is 1.09 bits per heavy atom. The predicted molar refractivity (Wildman–Crippen MR) is 89.3 cm³/mol. The molecule has 1 atom stereocenters. The Morgan fingerprint density at radius 3 is 2.13 bits per heavy atom. The molecule has 23 heavy (non-hydrogen) atoms. The van der Waals surface area contributed by atoms with Crippen molar-refractivity contribution in [2.75, 3.05) is 18.0 Å². The highest BCUT2D eigenvalue weighted by Crippen LogP contribution is 2.26. The van der Waals surface area contributed by atoms with Gasteiger partial charge in [-0.2, -0.15) is 0 Å². The van der Waals surface area contributed by atoms with Crippen LogP contribution in [0.3, 0.4) is 0 Å². The second kappa shape index (κ2) is 7.00. The number of alkyl halides is 1. The second-order valence-corrected chi connectivity index (χ2v) is 7.19. The summed E-state index contributed by atoms with van der Waals surface area (Å²) in [6, 6.07) is 13.0. The van der Waals surface area contributed by atoms with Gasteiger partial charge in [0.2, 0.25) is 0 Å². The first-order valence-electron chi connectivity index (χ1n) is 7.22. The van der Waals surface area contributed by atoms with E-state index in [1.165, 1.54) is 26.2 Å². The molecule has 0 heterocycles. The lowest BCUT2D eigenvalue weighted by atomic mass is 10.2. The molecule has 0 aromatic heterocycles. The molecule has 6 heteroatoms. The Labute approximate surface area is 136 Å². The van der Waals surface area contributed by atoms with Crippen LogP contribution >= 0.6 is 0 Å². The zero-order valence-electron chi connectivity index (χ0n) is 13.4. The van der Waals surface area contributed by atoms with E-state index in [2.05, 4.69) is 0 Å². The highest BCUT2D eigenvalue weighted by Gasteiger charge is 2.26. The number of hydrogen-bond donors (Lipinski definition) is 0. The number of rotatable bonds is 6. The maximum Gasteiger partial charge on any atom is 0.264 e. The number of ether oxygens (including phenoxy) is 1. The Bertz CT molecular complexity index is 740. The lowest BCUT2D eigenvalue weighted by Gasteiger charge is -2.25. The molecule has 0 aliphatic rings. The Kier molecular flexibility index (Phi) is 5.26. The molecule has 2 rings (SSSR count). The molecule has 0 saturated heterocycles. The summed E-state index contributed by atoms with van der Waals surface area (Å²) >= 11 is 0. The van der Waals surface area contributed by atoms with Crippen LogP contribution in [0.5, 0.6) is 5.75 Å². The Balaban J connectivity index is 2.46. The molecular weight excluding hydrogens is 317 g/mol. The van der Waals surface area contributed by atoms with Crippen molar-refractivity contribution < 1.29 is 17.5 Å². The summed E-state index contributed by atoms with van der Waals surface area (Å²) in [5, 5.41) is 0. The first kappa shape index (κ1) is 17.3. The Morgan fingerprint density at radius 2 is 1.65 bits per heavy atom. The van der Waals surface area contributed by atoms with Crippen LogP contribution in [0.1, 0.15) is 12.5 Å². The van der Waals surface area contributed by atoms with Crippen LogP contribution in [0.15, 0.2) is 53.4 Å².